The van der Waals surface area contributed by atoms with Gasteiger partial charge in [0.25, 0.3) is 0 Å². The van der Waals surface area contributed by atoms with Gasteiger partial charge in [-0.2, -0.15) is 13.2 Å². The van der Waals surface area contributed by atoms with Crippen molar-refractivity contribution in [3.63, 3.8) is 0 Å². The summed E-state index contributed by atoms with van der Waals surface area (Å²) < 4.78 is 39.1. The molecule has 0 bridgehead atoms. The number of hydrogen-bond donors (Lipinski definition) is 1. The van der Waals surface area contributed by atoms with Crippen molar-refractivity contribution in [3.05, 3.63) is 63.3 Å². The van der Waals surface area contributed by atoms with Crippen LogP contribution in [-0.4, -0.2) is 42.6 Å². The smallest absolute Gasteiger partial charge is 0.369 e. The fraction of sp³-hybridized carbons (Fsp3) is 0.409. The topological polar surface area (TPSA) is 39.3 Å². The van der Waals surface area contributed by atoms with E-state index in [-0.39, 0.29) is 4.87 Å². The highest BCUT2D eigenvalue weighted by Crippen LogP contribution is 2.30. The number of alkyl halides is 3. The van der Waals surface area contributed by atoms with Crippen LogP contribution in [0.15, 0.2) is 47.3 Å². The van der Waals surface area contributed by atoms with Gasteiger partial charge >= 0.3 is 11.0 Å². The van der Waals surface area contributed by atoms with Crippen molar-refractivity contribution in [2.75, 3.05) is 37.6 Å². The monoisotopic (exact) mass is 435 g/mol. The third kappa shape index (κ3) is 5.05. The molecule has 2 heterocycles. The van der Waals surface area contributed by atoms with Crippen LogP contribution in [0.25, 0.3) is 10.2 Å². The summed E-state index contributed by atoms with van der Waals surface area (Å²) in [7, 11) is 0. The minimum absolute atomic E-state index is 0.0161. The number of anilines is 1. The summed E-state index contributed by atoms with van der Waals surface area (Å²) in [5.41, 5.74) is 2.41. The van der Waals surface area contributed by atoms with E-state index in [1.807, 2.05) is 6.07 Å². The highest BCUT2D eigenvalue weighted by Gasteiger charge is 2.30. The van der Waals surface area contributed by atoms with Crippen LogP contribution < -0.4 is 9.77 Å². The van der Waals surface area contributed by atoms with Gasteiger partial charge in [-0.05, 0) is 67.8 Å². The first kappa shape index (κ1) is 20.9. The number of aromatic nitrogens is 1. The molecule has 1 aromatic heterocycles. The summed E-state index contributed by atoms with van der Waals surface area (Å²) in [6.45, 7) is 4.53. The molecule has 1 saturated heterocycles. The van der Waals surface area contributed by atoms with E-state index in [1.165, 1.54) is 16.9 Å². The lowest BCUT2D eigenvalue weighted by molar-refractivity contribution is -0.137. The second-order valence-corrected chi connectivity index (χ2v) is 8.69. The van der Waals surface area contributed by atoms with E-state index in [4.69, 9.17) is 0 Å². The van der Waals surface area contributed by atoms with Gasteiger partial charge in [0.2, 0.25) is 0 Å². The molecular weight excluding hydrogens is 411 g/mol. The highest BCUT2D eigenvalue weighted by molar-refractivity contribution is 7.16. The Morgan fingerprint density at radius 3 is 2.40 bits per heavy atom. The van der Waals surface area contributed by atoms with Crippen LogP contribution in [0.5, 0.6) is 0 Å². The van der Waals surface area contributed by atoms with Crippen LogP contribution in [0, 0.1) is 0 Å². The maximum absolute atomic E-state index is 12.7. The summed E-state index contributed by atoms with van der Waals surface area (Å²) in [6, 6.07) is 11.6. The SMILES string of the molecule is O=c1[nH]c2ccc(CCCCN3CCN(c4ccc(C(F)(F)F)cc4)CC3)cc2s1. The van der Waals surface area contributed by atoms with E-state index in [0.29, 0.717) is 0 Å². The standard InChI is InChI=1S/C22H24F3N3OS/c23-22(24,25)17-5-7-18(8-6-17)28-13-11-27(12-14-28)10-2-1-3-16-4-9-19-20(15-16)30-21(29)26-19/h4-9,15H,1-3,10-14H2,(H,26,29). The van der Waals surface area contributed by atoms with Crippen LogP contribution in [0.1, 0.15) is 24.0 Å². The van der Waals surface area contributed by atoms with E-state index >= 15 is 0 Å². The van der Waals surface area contributed by atoms with Gasteiger partial charge in [0, 0.05) is 31.9 Å². The first-order valence-corrected chi connectivity index (χ1v) is 11.0. The summed E-state index contributed by atoms with van der Waals surface area (Å²) in [6.07, 6.45) is -1.11. The number of piperazine rings is 1. The number of nitrogens with one attached hydrogen (secondary N) is 1. The van der Waals surface area contributed by atoms with Gasteiger partial charge in [0.1, 0.15) is 0 Å². The molecule has 8 heteroatoms. The molecule has 1 N–H and O–H groups in total. The van der Waals surface area contributed by atoms with E-state index < -0.39 is 11.7 Å². The zero-order valence-corrected chi connectivity index (χ0v) is 17.4. The fourth-order valence-electron chi connectivity index (χ4n) is 3.90. The Bertz CT molecular complexity index is 1030. The predicted molar refractivity (Wildman–Crippen MR) is 115 cm³/mol. The lowest BCUT2D eigenvalue weighted by Gasteiger charge is -2.36. The number of unbranched alkanes of at least 4 members (excludes halogenated alkanes) is 1. The average molecular weight is 436 g/mol. The Labute approximate surface area is 176 Å². The van der Waals surface area contributed by atoms with E-state index in [9.17, 15) is 18.0 Å². The third-order valence-corrected chi connectivity index (χ3v) is 6.45. The molecule has 1 fully saturated rings. The number of nitrogens with zero attached hydrogens (tertiary/aromatic N) is 2. The molecule has 4 rings (SSSR count). The second kappa shape index (κ2) is 8.81. The number of aromatic amines is 1. The molecule has 30 heavy (non-hydrogen) atoms. The minimum atomic E-state index is -4.29. The molecule has 0 atom stereocenters. The summed E-state index contributed by atoms with van der Waals surface area (Å²) in [5.74, 6) is 0. The lowest BCUT2D eigenvalue weighted by Crippen LogP contribution is -2.46. The van der Waals surface area contributed by atoms with Crippen LogP contribution in [0.2, 0.25) is 0 Å². The molecule has 3 aromatic rings. The number of aryl methyl sites for hydroxylation is 1. The van der Waals surface area contributed by atoms with Gasteiger partial charge in [0.15, 0.2) is 0 Å². The second-order valence-electron chi connectivity index (χ2n) is 7.68. The molecule has 1 aliphatic rings. The minimum Gasteiger partial charge on any atom is -0.369 e. The number of thiazole rings is 1. The molecular formula is C22H24F3N3OS. The first-order chi connectivity index (χ1) is 14.4. The van der Waals surface area contributed by atoms with Gasteiger partial charge in [-0.25, -0.2) is 0 Å². The predicted octanol–water partition coefficient (Wildman–Crippen LogP) is 4.75. The average Bonchev–Trinajstić information content (AvgIpc) is 3.10. The van der Waals surface area contributed by atoms with Crippen LogP contribution in [0.3, 0.4) is 0 Å². The van der Waals surface area contributed by atoms with Crippen molar-refractivity contribution < 1.29 is 13.2 Å². The van der Waals surface area contributed by atoms with Gasteiger partial charge in [-0.15, -0.1) is 0 Å². The first-order valence-electron chi connectivity index (χ1n) is 10.1. The van der Waals surface area contributed by atoms with Crippen molar-refractivity contribution in [2.24, 2.45) is 0 Å². The number of H-pyrrole nitrogens is 1. The van der Waals surface area contributed by atoms with Crippen LogP contribution in [-0.2, 0) is 12.6 Å². The lowest BCUT2D eigenvalue weighted by atomic mass is 10.1. The molecule has 0 unspecified atom stereocenters. The van der Waals surface area contributed by atoms with Gasteiger partial charge in [0.05, 0.1) is 15.8 Å². The summed E-state index contributed by atoms with van der Waals surface area (Å²) in [4.78, 5) is 18.8. The molecule has 1 aliphatic heterocycles. The van der Waals surface area contributed by atoms with E-state index in [1.54, 1.807) is 12.1 Å². The number of halogens is 3. The van der Waals surface area contributed by atoms with E-state index in [0.717, 1.165) is 80.0 Å². The molecule has 0 amide bonds. The summed E-state index contributed by atoms with van der Waals surface area (Å²) in [5, 5.41) is 0. The zero-order valence-electron chi connectivity index (χ0n) is 16.5. The molecule has 0 spiro atoms. The van der Waals surface area contributed by atoms with Crippen LogP contribution >= 0.6 is 11.3 Å². The zero-order chi connectivity index (χ0) is 21.1. The Kier molecular flexibility index (Phi) is 6.15. The highest BCUT2D eigenvalue weighted by atomic mass is 32.1. The summed E-state index contributed by atoms with van der Waals surface area (Å²) >= 11 is 1.25. The Morgan fingerprint density at radius 2 is 1.70 bits per heavy atom. The van der Waals surface area contributed by atoms with Crippen LogP contribution in [0.4, 0.5) is 18.9 Å². The maximum Gasteiger partial charge on any atom is 0.416 e. The quantitative estimate of drug-likeness (QED) is 0.568. The molecule has 0 saturated carbocycles. The third-order valence-electron chi connectivity index (χ3n) is 5.61. The normalized spacial score (nSPS) is 15.8. The molecule has 160 valence electrons. The Morgan fingerprint density at radius 1 is 0.967 bits per heavy atom. The molecule has 4 nitrogen and oxygen atoms in total. The number of fused-ring (bicyclic) bond motifs is 1. The Balaban J connectivity index is 1.20. The van der Waals surface area contributed by atoms with Gasteiger partial charge < -0.3 is 9.88 Å². The van der Waals surface area contributed by atoms with Crippen molar-refractivity contribution in [1.82, 2.24) is 9.88 Å². The van der Waals surface area contributed by atoms with Gasteiger partial charge in [-0.3, -0.25) is 9.69 Å². The van der Waals surface area contributed by atoms with Crippen molar-refractivity contribution in [2.45, 2.75) is 25.4 Å². The number of benzene rings is 2. The number of rotatable bonds is 6. The maximum atomic E-state index is 12.7. The number of hydrogen-bond acceptors (Lipinski definition) is 4. The van der Waals surface area contributed by atoms with Gasteiger partial charge in [-0.1, -0.05) is 17.4 Å². The van der Waals surface area contributed by atoms with E-state index in [2.05, 4.69) is 26.9 Å². The molecule has 0 aliphatic carbocycles. The molecule has 2 aromatic carbocycles. The largest absolute Gasteiger partial charge is 0.416 e. The van der Waals surface area contributed by atoms with Crippen molar-refractivity contribution >= 4 is 27.2 Å². The molecule has 0 radical (unpaired) electrons. The van der Waals surface area contributed by atoms with Crippen molar-refractivity contribution in [3.8, 4) is 0 Å². The fourth-order valence-corrected chi connectivity index (χ4v) is 4.70. The Hall–Kier alpha value is -2.32. The van der Waals surface area contributed by atoms with Crippen molar-refractivity contribution in [1.29, 1.82) is 0 Å².